The van der Waals surface area contributed by atoms with Gasteiger partial charge >= 0.3 is 18.4 Å². The second-order valence-electron chi connectivity index (χ2n) is 8.70. The first kappa shape index (κ1) is 30.7. The Morgan fingerprint density at radius 3 is 2.05 bits per heavy atom. The number of alkyl halides is 6. The molecule has 1 fully saturated rings. The van der Waals surface area contributed by atoms with Gasteiger partial charge in [-0.3, -0.25) is 4.90 Å². The van der Waals surface area contributed by atoms with Crippen LogP contribution in [0.2, 0.25) is 0 Å². The summed E-state index contributed by atoms with van der Waals surface area (Å²) in [6.07, 6.45) is -9.53. The van der Waals surface area contributed by atoms with Crippen molar-refractivity contribution in [2.75, 3.05) is 47.4 Å². The van der Waals surface area contributed by atoms with E-state index in [-0.39, 0.29) is 23.9 Å². The summed E-state index contributed by atoms with van der Waals surface area (Å²) in [6.45, 7) is 2.48. The topological polar surface area (TPSA) is 99.4 Å². The van der Waals surface area contributed by atoms with E-state index in [4.69, 9.17) is 5.73 Å². The van der Waals surface area contributed by atoms with E-state index in [2.05, 4.69) is 25.5 Å². The molecule has 4 N–H and O–H groups in total. The van der Waals surface area contributed by atoms with Crippen LogP contribution in [0.25, 0.3) is 0 Å². The number of urea groups is 1. The summed E-state index contributed by atoms with van der Waals surface area (Å²) in [4.78, 5) is 23.2. The molecule has 0 radical (unpaired) electrons. The van der Waals surface area contributed by atoms with Gasteiger partial charge in [-0.25, -0.2) is 14.2 Å². The summed E-state index contributed by atoms with van der Waals surface area (Å²) in [5.74, 6) is -1.79. The third kappa shape index (κ3) is 7.85. The average molecular weight is 594 g/mol. The van der Waals surface area contributed by atoms with E-state index in [1.165, 1.54) is 0 Å². The lowest BCUT2D eigenvalue weighted by Gasteiger charge is -2.35. The molecule has 2 aromatic carbocycles. The van der Waals surface area contributed by atoms with Crippen LogP contribution >= 0.6 is 12.4 Å². The number of carbonyl (C=O) groups is 1. The SMILES string of the molecule is Cl.Nc1nc(N2CCN(Cc3ccc(NC(=O)Nc4ccc(F)c(C(F)(F)F)c4)cc3)CC2)cc(C(F)(F)F)n1. The second-order valence-corrected chi connectivity index (χ2v) is 8.70. The van der Waals surface area contributed by atoms with Crippen molar-refractivity contribution in [2.45, 2.75) is 18.9 Å². The fraction of sp³-hybridized carbons (Fsp3) is 0.292. The van der Waals surface area contributed by atoms with Crippen LogP contribution in [-0.2, 0) is 18.9 Å². The van der Waals surface area contributed by atoms with Gasteiger partial charge in [0.2, 0.25) is 5.95 Å². The Morgan fingerprint density at radius 2 is 1.45 bits per heavy atom. The number of piperazine rings is 1. The van der Waals surface area contributed by atoms with Crippen LogP contribution in [0.3, 0.4) is 0 Å². The van der Waals surface area contributed by atoms with Crippen molar-refractivity contribution in [1.82, 2.24) is 14.9 Å². The maximum atomic E-state index is 13.4. The van der Waals surface area contributed by atoms with Gasteiger partial charge in [0, 0.05) is 50.2 Å². The maximum absolute atomic E-state index is 13.4. The van der Waals surface area contributed by atoms with E-state index < -0.39 is 41.4 Å². The zero-order chi connectivity index (χ0) is 28.4. The molecule has 8 nitrogen and oxygen atoms in total. The fourth-order valence-electron chi connectivity index (χ4n) is 3.96. The first-order chi connectivity index (χ1) is 18.3. The molecule has 2 heterocycles. The lowest BCUT2D eigenvalue weighted by atomic mass is 10.1. The highest BCUT2D eigenvalue weighted by atomic mass is 35.5. The van der Waals surface area contributed by atoms with E-state index in [0.29, 0.717) is 50.5 Å². The summed E-state index contributed by atoms with van der Waals surface area (Å²) >= 11 is 0. The maximum Gasteiger partial charge on any atom is 0.433 e. The molecule has 2 amide bonds. The number of rotatable bonds is 5. The largest absolute Gasteiger partial charge is 0.433 e. The van der Waals surface area contributed by atoms with Gasteiger partial charge in [-0.15, -0.1) is 12.4 Å². The molecule has 1 saturated heterocycles. The van der Waals surface area contributed by atoms with Crippen LogP contribution in [0.5, 0.6) is 0 Å². The van der Waals surface area contributed by atoms with Crippen molar-refractivity contribution in [3.8, 4) is 0 Å². The third-order valence-electron chi connectivity index (χ3n) is 5.86. The van der Waals surface area contributed by atoms with Crippen LogP contribution in [0.4, 0.5) is 58.7 Å². The minimum Gasteiger partial charge on any atom is -0.368 e. The van der Waals surface area contributed by atoms with Crippen LogP contribution in [-0.4, -0.2) is 47.1 Å². The Kier molecular flexibility index (Phi) is 9.30. The van der Waals surface area contributed by atoms with Crippen molar-refractivity contribution in [1.29, 1.82) is 0 Å². The number of anilines is 4. The fourth-order valence-corrected chi connectivity index (χ4v) is 3.96. The molecule has 216 valence electrons. The van der Waals surface area contributed by atoms with E-state index >= 15 is 0 Å². The average Bonchev–Trinajstić information content (AvgIpc) is 2.85. The van der Waals surface area contributed by atoms with Crippen molar-refractivity contribution in [3.05, 3.63) is 71.2 Å². The van der Waals surface area contributed by atoms with Gasteiger partial charge in [0.15, 0.2) is 5.69 Å². The number of hydrogen-bond donors (Lipinski definition) is 3. The Hall–Kier alpha value is -3.85. The molecule has 3 aromatic rings. The first-order valence-corrected chi connectivity index (χ1v) is 11.5. The van der Waals surface area contributed by atoms with Crippen molar-refractivity contribution < 1.29 is 35.5 Å². The monoisotopic (exact) mass is 593 g/mol. The quantitative estimate of drug-likeness (QED) is 0.332. The highest BCUT2D eigenvalue weighted by Crippen LogP contribution is 2.33. The molecule has 0 unspecified atom stereocenters. The molecule has 4 rings (SSSR count). The Bertz CT molecular complexity index is 1330. The van der Waals surface area contributed by atoms with Gasteiger partial charge in [0.1, 0.15) is 11.6 Å². The minimum absolute atomic E-state index is 0. The number of aromatic nitrogens is 2. The molecule has 1 aliphatic heterocycles. The molecule has 0 bridgehead atoms. The number of amides is 2. The summed E-state index contributed by atoms with van der Waals surface area (Å²) in [5, 5.41) is 4.72. The van der Waals surface area contributed by atoms with Gasteiger partial charge in [-0.2, -0.15) is 31.3 Å². The summed E-state index contributed by atoms with van der Waals surface area (Å²) in [7, 11) is 0. The molecule has 0 spiro atoms. The number of halogens is 8. The molecule has 0 aliphatic carbocycles. The van der Waals surface area contributed by atoms with Crippen molar-refractivity contribution in [3.63, 3.8) is 0 Å². The number of nitrogen functional groups attached to an aromatic ring is 1. The molecule has 1 aliphatic rings. The summed E-state index contributed by atoms with van der Waals surface area (Å²) in [5.41, 5.74) is 3.92. The lowest BCUT2D eigenvalue weighted by Crippen LogP contribution is -2.46. The molecular weight excluding hydrogens is 571 g/mol. The van der Waals surface area contributed by atoms with Gasteiger partial charge in [0.05, 0.1) is 5.56 Å². The summed E-state index contributed by atoms with van der Waals surface area (Å²) in [6, 6.07) is 8.94. The molecular formula is C24H23ClF7N7O. The normalized spacial score (nSPS) is 14.4. The highest BCUT2D eigenvalue weighted by molar-refractivity contribution is 5.99. The van der Waals surface area contributed by atoms with Crippen LogP contribution in [0, 0.1) is 5.82 Å². The number of benzene rings is 2. The molecule has 0 atom stereocenters. The highest BCUT2D eigenvalue weighted by Gasteiger charge is 2.35. The molecule has 0 saturated carbocycles. The molecule has 40 heavy (non-hydrogen) atoms. The zero-order valence-corrected chi connectivity index (χ0v) is 21.3. The standard InChI is InChI=1S/C24H22F7N7O.ClH/c25-18-6-5-16(11-17(18)23(26,27)28)34-22(39)33-15-3-1-14(2-4-15)13-37-7-9-38(10-8-37)20-12-19(24(29,30)31)35-21(32)36-20;/h1-6,11-12H,7-10,13H2,(H2,32,35,36)(H2,33,34,39);1H. The van der Waals surface area contributed by atoms with E-state index in [1.807, 2.05) is 0 Å². The van der Waals surface area contributed by atoms with Crippen LogP contribution in [0.15, 0.2) is 48.5 Å². The Labute approximate surface area is 229 Å². The van der Waals surface area contributed by atoms with Gasteiger partial charge in [0.25, 0.3) is 0 Å². The van der Waals surface area contributed by atoms with Gasteiger partial charge in [-0.05, 0) is 35.9 Å². The third-order valence-corrected chi connectivity index (χ3v) is 5.86. The van der Waals surface area contributed by atoms with Gasteiger partial charge < -0.3 is 21.3 Å². The van der Waals surface area contributed by atoms with Crippen LogP contribution < -0.4 is 21.3 Å². The van der Waals surface area contributed by atoms with Crippen LogP contribution in [0.1, 0.15) is 16.8 Å². The number of nitrogens with two attached hydrogens (primary N) is 1. The predicted molar refractivity (Wildman–Crippen MR) is 137 cm³/mol. The number of carbonyl (C=O) groups excluding carboxylic acids is 1. The number of nitrogens with one attached hydrogen (secondary N) is 2. The second kappa shape index (κ2) is 12.1. The molecule has 16 heteroatoms. The Morgan fingerprint density at radius 1 is 0.850 bits per heavy atom. The first-order valence-electron chi connectivity index (χ1n) is 11.5. The van der Waals surface area contributed by atoms with Gasteiger partial charge in [-0.1, -0.05) is 12.1 Å². The minimum atomic E-state index is -4.90. The van der Waals surface area contributed by atoms with Crippen molar-refractivity contribution in [2.24, 2.45) is 0 Å². The van der Waals surface area contributed by atoms with E-state index in [0.717, 1.165) is 17.7 Å². The Balaban J connectivity index is 0.00000441. The number of hydrogen-bond acceptors (Lipinski definition) is 6. The summed E-state index contributed by atoms with van der Waals surface area (Å²) < 4.78 is 91.1. The smallest absolute Gasteiger partial charge is 0.368 e. The van der Waals surface area contributed by atoms with E-state index in [1.54, 1.807) is 29.2 Å². The predicted octanol–water partition coefficient (Wildman–Crippen LogP) is 5.62. The molecule has 1 aromatic heterocycles. The van der Waals surface area contributed by atoms with E-state index in [9.17, 15) is 35.5 Å². The zero-order valence-electron chi connectivity index (χ0n) is 20.5. The van der Waals surface area contributed by atoms with Crippen molar-refractivity contribution >= 4 is 41.6 Å². The number of nitrogens with zero attached hydrogens (tertiary/aromatic N) is 4. The lowest BCUT2D eigenvalue weighted by molar-refractivity contribution is -0.141.